The van der Waals surface area contributed by atoms with Gasteiger partial charge in [-0.25, -0.2) is 27.3 Å². The molecule has 0 radical (unpaired) electrons. The lowest BCUT2D eigenvalue weighted by Gasteiger charge is -2.15. The Labute approximate surface area is 201 Å². The van der Waals surface area contributed by atoms with Gasteiger partial charge in [0.2, 0.25) is 0 Å². The van der Waals surface area contributed by atoms with Gasteiger partial charge in [-0.05, 0) is 23.8 Å². The molecule has 0 aliphatic rings. The van der Waals surface area contributed by atoms with Crippen molar-refractivity contribution < 1.29 is 32.2 Å². The second-order valence-electron chi connectivity index (χ2n) is 7.87. The molecule has 0 aliphatic carbocycles. The van der Waals surface area contributed by atoms with E-state index in [1.54, 1.807) is 30.3 Å². The number of ether oxygens (including phenoxy) is 1. The fourth-order valence-corrected chi connectivity index (χ4v) is 3.94. The number of carboxylic acid groups (broad SMARTS) is 1. The van der Waals surface area contributed by atoms with E-state index in [1.807, 2.05) is 6.07 Å². The van der Waals surface area contributed by atoms with E-state index in [0.29, 0.717) is 0 Å². The Morgan fingerprint density at radius 1 is 0.806 bits per heavy atom. The van der Waals surface area contributed by atoms with Gasteiger partial charge in [0, 0.05) is 5.56 Å². The number of benzene rings is 4. The number of nitrogens with one attached hydrogen (secondary N) is 1. The molecule has 0 amide bonds. The first kappa shape index (κ1) is 23.1. The highest BCUT2D eigenvalue weighted by Crippen LogP contribution is 2.40. The molecule has 4 aromatic carbocycles. The quantitative estimate of drug-likeness (QED) is 0.204. The highest BCUT2D eigenvalue weighted by Gasteiger charge is 2.30. The van der Waals surface area contributed by atoms with Crippen LogP contribution in [0.2, 0.25) is 0 Å². The summed E-state index contributed by atoms with van der Waals surface area (Å²) in [5.74, 6) is -8.48. The summed E-state index contributed by atoms with van der Waals surface area (Å²) in [5.41, 5.74) is -1.59. The Kier molecular flexibility index (Phi) is 5.89. The standard InChI is InChI=1S/C27H16F4N2O3/c28-21-19(15-9-4-5-12-18(15)36-13-14-7-2-1-3-8-14)22(29)24(31)20(23(21)30)26-32-17-11-6-10-16(27(34)35)25(17)33-26/h1-12H,13H2,(H,32,33)(H,34,35). The van der Waals surface area contributed by atoms with E-state index in [4.69, 9.17) is 4.74 Å². The first-order valence-corrected chi connectivity index (χ1v) is 10.7. The smallest absolute Gasteiger partial charge is 0.337 e. The van der Waals surface area contributed by atoms with Crippen LogP contribution in [-0.2, 0) is 6.61 Å². The van der Waals surface area contributed by atoms with Gasteiger partial charge in [-0.3, -0.25) is 0 Å². The lowest BCUT2D eigenvalue weighted by Crippen LogP contribution is -2.05. The number of aromatic amines is 1. The molecule has 0 spiro atoms. The molecule has 0 aliphatic heterocycles. The number of nitrogens with zero attached hydrogens (tertiary/aromatic N) is 1. The maximum atomic E-state index is 15.3. The minimum Gasteiger partial charge on any atom is -0.488 e. The molecule has 180 valence electrons. The fraction of sp³-hybridized carbons (Fsp3) is 0.0370. The van der Waals surface area contributed by atoms with Crippen molar-refractivity contribution in [2.45, 2.75) is 6.61 Å². The van der Waals surface area contributed by atoms with Gasteiger partial charge in [-0.2, -0.15) is 0 Å². The summed E-state index contributed by atoms with van der Waals surface area (Å²) in [5, 5.41) is 9.34. The molecule has 36 heavy (non-hydrogen) atoms. The van der Waals surface area contributed by atoms with E-state index in [2.05, 4.69) is 9.97 Å². The molecule has 5 rings (SSSR count). The van der Waals surface area contributed by atoms with Crippen LogP contribution in [-0.4, -0.2) is 21.0 Å². The molecule has 0 bridgehead atoms. The SMILES string of the molecule is O=C(O)c1cccc2nc(-c3c(F)c(F)c(-c4ccccc4OCc4ccccc4)c(F)c3F)[nH]c12. The lowest BCUT2D eigenvalue weighted by atomic mass is 9.99. The average Bonchev–Trinajstić information content (AvgIpc) is 3.31. The first-order valence-electron chi connectivity index (χ1n) is 10.7. The number of fused-ring (bicyclic) bond motifs is 1. The Hall–Kier alpha value is -4.66. The number of aromatic carboxylic acids is 1. The van der Waals surface area contributed by atoms with Crippen LogP contribution in [0.1, 0.15) is 15.9 Å². The van der Waals surface area contributed by atoms with Crippen LogP contribution in [0.15, 0.2) is 72.8 Å². The topological polar surface area (TPSA) is 75.2 Å². The summed E-state index contributed by atoms with van der Waals surface area (Å²) in [6.45, 7) is 0.0645. The third-order valence-electron chi connectivity index (χ3n) is 5.64. The first-order chi connectivity index (χ1) is 17.4. The molecule has 2 N–H and O–H groups in total. The summed E-state index contributed by atoms with van der Waals surface area (Å²) < 4.78 is 66.8. The maximum Gasteiger partial charge on any atom is 0.337 e. The Bertz CT molecular complexity index is 1590. The van der Waals surface area contributed by atoms with E-state index >= 15 is 17.6 Å². The molecule has 0 fully saturated rings. The predicted octanol–water partition coefficient (Wildman–Crippen LogP) is 6.73. The fourth-order valence-electron chi connectivity index (χ4n) is 3.94. The van der Waals surface area contributed by atoms with Gasteiger partial charge in [-0.1, -0.05) is 54.6 Å². The van der Waals surface area contributed by atoms with Crippen molar-refractivity contribution in [2.24, 2.45) is 0 Å². The monoisotopic (exact) mass is 492 g/mol. The van der Waals surface area contributed by atoms with Crippen molar-refractivity contribution in [2.75, 3.05) is 0 Å². The third-order valence-corrected chi connectivity index (χ3v) is 5.64. The number of hydrogen-bond donors (Lipinski definition) is 2. The molecule has 9 heteroatoms. The number of aromatic nitrogens is 2. The number of carbonyl (C=O) groups is 1. The highest BCUT2D eigenvalue weighted by atomic mass is 19.2. The van der Waals surface area contributed by atoms with Gasteiger partial charge in [0.1, 0.15) is 18.2 Å². The molecule has 1 heterocycles. The summed E-state index contributed by atoms with van der Waals surface area (Å²) in [7, 11) is 0. The van der Waals surface area contributed by atoms with Crippen LogP contribution in [0.5, 0.6) is 5.75 Å². The van der Waals surface area contributed by atoms with Crippen molar-refractivity contribution >= 4 is 17.0 Å². The van der Waals surface area contributed by atoms with Gasteiger partial charge in [-0.15, -0.1) is 0 Å². The number of rotatable bonds is 6. The Morgan fingerprint density at radius 2 is 1.44 bits per heavy atom. The molecule has 0 atom stereocenters. The van der Waals surface area contributed by atoms with Gasteiger partial charge in [0.25, 0.3) is 0 Å². The summed E-state index contributed by atoms with van der Waals surface area (Å²) in [6, 6.07) is 18.8. The molecule has 0 unspecified atom stereocenters. The normalized spacial score (nSPS) is 11.1. The van der Waals surface area contributed by atoms with Crippen LogP contribution in [0.25, 0.3) is 33.5 Å². The van der Waals surface area contributed by atoms with Crippen LogP contribution in [0, 0.1) is 23.3 Å². The van der Waals surface area contributed by atoms with Crippen molar-refractivity contribution in [3.63, 3.8) is 0 Å². The molecule has 5 nitrogen and oxygen atoms in total. The highest BCUT2D eigenvalue weighted by molar-refractivity contribution is 6.01. The number of H-pyrrole nitrogens is 1. The van der Waals surface area contributed by atoms with E-state index < -0.39 is 46.2 Å². The number of halogens is 4. The van der Waals surface area contributed by atoms with E-state index in [1.165, 1.54) is 36.4 Å². The number of para-hydroxylation sites is 2. The molecule has 0 saturated heterocycles. The lowest BCUT2D eigenvalue weighted by molar-refractivity contribution is 0.0699. The molecular weight excluding hydrogens is 476 g/mol. The maximum absolute atomic E-state index is 15.3. The second-order valence-corrected chi connectivity index (χ2v) is 7.87. The predicted molar refractivity (Wildman–Crippen MR) is 125 cm³/mol. The zero-order valence-electron chi connectivity index (χ0n) is 18.4. The zero-order valence-corrected chi connectivity index (χ0v) is 18.4. The van der Waals surface area contributed by atoms with Gasteiger partial charge in [0.05, 0.1) is 27.7 Å². The van der Waals surface area contributed by atoms with E-state index in [9.17, 15) is 9.90 Å². The molecule has 1 aromatic heterocycles. The zero-order chi connectivity index (χ0) is 25.4. The van der Waals surface area contributed by atoms with Crippen LogP contribution in [0.3, 0.4) is 0 Å². The number of hydrogen-bond acceptors (Lipinski definition) is 3. The minimum atomic E-state index is -1.68. The summed E-state index contributed by atoms with van der Waals surface area (Å²) in [6.07, 6.45) is 0. The summed E-state index contributed by atoms with van der Waals surface area (Å²) in [4.78, 5) is 17.9. The molecule has 5 aromatic rings. The van der Waals surface area contributed by atoms with Crippen molar-refractivity contribution in [3.8, 4) is 28.3 Å². The van der Waals surface area contributed by atoms with Crippen LogP contribution < -0.4 is 4.74 Å². The number of carboxylic acids is 1. The van der Waals surface area contributed by atoms with Crippen molar-refractivity contribution in [1.29, 1.82) is 0 Å². The Morgan fingerprint density at radius 3 is 2.14 bits per heavy atom. The van der Waals surface area contributed by atoms with Crippen LogP contribution >= 0.6 is 0 Å². The van der Waals surface area contributed by atoms with Crippen LogP contribution in [0.4, 0.5) is 17.6 Å². The Balaban J connectivity index is 1.62. The summed E-state index contributed by atoms with van der Waals surface area (Å²) >= 11 is 0. The van der Waals surface area contributed by atoms with Gasteiger partial charge >= 0.3 is 5.97 Å². The minimum absolute atomic E-state index is 0.0283. The van der Waals surface area contributed by atoms with Gasteiger partial charge < -0.3 is 14.8 Å². The average molecular weight is 492 g/mol. The van der Waals surface area contributed by atoms with E-state index in [-0.39, 0.29) is 34.5 Å². The molecular formula is C27H16F4N2O3. The van der Waals surface area contributed by atoms with E-state index in [0.717, 1.165) is 5.56 Å². The molecule has 0 saturated carbocycles. The van der Waals surface area contributed by atoms with Crippen molar-refractivity contribution in [1.82, 2.24) is 9.97 Å². The third kappa shape index (κ3) is 3.94. The second kappa shape index (κ2) is 9.18. The largest absolute Gasteiger partial charge is 0.488 e. The van der Waals surface area contributed by atoms with Gasteiger partial charge in [0.15, 0.2) is 23.3 Å². The van der Waals surface area contributed by atoms with Crippen molar-refractivity contribution in [3.05, 3.63) is 107 Å². The number of imidazole rings is 1.